The van der Waals surface area contributed by atoms with Crippen molar-refractivity contribution in [3.8, 4) is 0 Å². The molecule has 2 aliphatic rings. The highest BCUT2D eigenvalue weighted by Gasteiger charge is 2.38. The molecular weight excluding hydrogens is 282 g/mol. The van der Waals surface area contributed by atoms with Gasteiger partial charge in [0.1, 0.15) is 6.61 Å². The van der Waals surface area contributed by atoms with Gasteiger partial charge in [-0.15, -0.1) is 0 Å². The van der Waals surface area contributed by atoms with E-state index >= 15 is 0 Å². The van der Waals surface area contributed by atoms with Crippen molar-refractivity contribution in [2.24, 2.45) is 13.0 Å². The smallest absolute Gasteiger partial charge is 0.248 e. The van der Waals surface area contributed by atoms with Crippen LogP contribution in [0.15, 0.2) is 12.4 Å². The minimum absolute atomic E-state index is 0.0499. The first-order chi connectivity index (χ1) is 10.7. The Balaban J connectivity index is 1.67. The topological polar surface area (TPSA) is 56.6 Å². The standard InChI is InChI=1S/C16H25N3O3/c1-18-9-13(8-17-18)7-14-15(22-10-12-3-4-12)5-6-19(14)16(20)11-21-2/h8-9,12,14-15H,3-7,10-11H2,1-2H3/t14-,15+/m1/s1. The van der Waals surface area contributed by atoms with E-state index in [4.69, 9.17) is 9.47 Å². The summed E-state index contributed by atoms with van der Waals surface area (Å²) < 4.78 is 12.9. The summed E-state index contributed by atoms with van der Waals surface area (Å²) in [5, 5.41) is 4.22. The number of aromatic nitrogens is 2. The molecule has 122 valence electrons. The number of hydrogen-bond donors (Lipinski definition) is 0. The van der Waals surface area contributed by atoms with Gasteiger partial charge >= 0.3 is 0 Å². The van der Waals surface area contributed by atoms with Crippen LogP contribution >= 0.6 is 0 Å². The summed E-state index contributed by atoms with van der Waals surface area (Å²) in [6.07, 6.45) is 8.27. The van der Waals surface area contributed by atoms with Crippen molar-refractivity contribution in [3.63, 3.8) is 0 Å². The van der Waals surface area contributed by atoms with Crippen molar-refractivity contribution < 1.29 is 14.3 Å². The van der Waals surface area contributed by atoms with E-state index in [-0.39, 0.29) is 24.7 Å². The molecule has 0 spiro atoms. The summed E-state index contributed by atoms with van der Waals surface area (Å²) in [6, 6.07) is 0.0885. The molecule has 6 nitrogen and oxygen atoms in total. The minimum atomic E-state index is 0.0499. The zero-order chi connectivity index (χ0) is 15.5. The average molecular weight is 307 g/mol. The van der Waals surface area contributed by atoms with Gasteiger partial charge in [0.05, 0.1) is 18.3 Å². The third-order valence-corrected chi connectivity index (χ3v) is 4.52. The molecule has 2 fully saturated rings. The molecule has 1 aromatic heterocycles. The van der Waals surface area contributed by atoms with Crippen LogP contribution in [0, 0.1) is 5.92 Å². The van der Waals surface area contributed by atoms with Gasteiger partial charge in [0.15, 0.2) is 0 Å². The first kappa shape index (κ1) is 15.5. The highest BCUT2D eigenvalue weighted by atomic mass is 16.5. The van der Waals surface area contributed by atoms with Crippen molar-refractivity contribution >= 4 is 5.91 Å². The van der Waals surface area contributed by atoms with Gasteiger partial charge in [-0.05, 0) is 37.2 Å². The van der Waals surface area contributed by atoms with Gasteiger partial charge in [0.25, 0.3) is 0 Å². The van der Waals surface area contributed by atoms with Crippen LogP contribution in [0.4, 0.5) is 0 Å². The maximum Gasteiger partial charge on any atom is 0.248 e. The van der Waals surface area contributed by atoms with E-state index in [0.29, 0.717) is 0 Å². The Kier molecular flexibility index (Phi) is 4.78. The number of carbonyl (C=O) groups is 1. The fraction of sp³-hybridized carbons (Fsp3) is 0.750. The number of ether oxygens (including phenoxy) is 2. The molecule has 0 bridgehead atoms. The van der Waals surface area contributed by atoms with Crippen LogP contribution in [0.5, 0.6) is 0 Å². The van der Waals surface area contributed by atoms with Crippen molar-refractivity contribution in [1.29, 1.82) is 0 Å². The molecule has 0 N–H and O–H groups in total. The molecule has 3 rings (SSSR count). The normalized spacial score (nSPS) is 24.9. The van der Waals surface area contributed by atoms with E-state index in [2.05, 4.69) is 5.10 Å². The number of likely N-dealkylation sites (tertiary alicyclic amines) is 1. The van der Waals surface area contributed by atoms with Crippen molar-refractivity contribution in [2.45, 2.75) is 37.8 Å². The second-order valence-corrected chi connectivity index (χ2v) is 6.42. The fourth-order valence-corrected chi connectivity index (χ4v) is 3.14. The molecule has 22 heavy (non-hydrogen) atoms. The molecule has 6 heteroatoms. The molecule has 2 heterocycles. The zero-order valence-corrected chi connectivity index (χ0v) is 13.4. The largest absolute Gasteiger partial charge is 0.376 e. The van der Waals surface area contributed by atoms with Crippen molar-refractivity contribution in [3.05, 3.63) is 18.0 Å². The second-order valence-electron chi connectivity index (χ2n) is 6.42. The van der Waals surface area contributed by atoms with E-state index in [1.807, 2.05) is 24.3 Å². The monoisotopic (exact) mass is 307 g/mol. The van der Waals surface area contributed by atoms with Gasteiger partial charge in [-0.1, -0.05) is 0 Å². The Morgan fingerprint density at radius 1 is 1.41 bits per heavy atom. The van der Waals surface area contributed by atoms with Crippen LogP contribution < -0.4 is 0 Å². The van der Waals surface area contributed by atoms with E-state index < -0.39 is 0 Å². The average Bonchev–Trinajstić information content (AvgIpc) is 3.11. The SMILES string of the molecule is COCC(=O)N1CC[C@H](OCC2CC2)[C@H]1Cc1cnn(C)c1. The Hall–Kier alpha value is -1.40. The van der Waals surface area contributed by atoms with Crippen molar-refractivity contribution in [2.75, 3.05) is 26.9 Å². The summed E-state index contributed by atoms with van der Waals surface area (Å²) in [4.78, 5) is 14.2. The molecule has 1 aliphatic heterocycles. The summed E-state index contributed by atoms with van der Waals surface area (Å²) >= 11 is 0. The third kappa shape index (κ3) is 3.67. The maximum absolute atomic E-state index is 12.3. The van der Waals surface area contributed by atoms with E-state index in [1.165, 1.54) is 12.8 Å². The van der Waals surface area contributed by atoms with E-state index in [0.717, 1.165) is 37.5 Å². The zero-order valence-electron chi connectivity index (χ0n) is 13.4. The maximum atomic E-state index is 12.3. The second kappa shape index (κ2) is 6.79. The molecule has 1 aromatic rings. The Labute approximate surface area is 131 Å². The quantitative estimate of drug-likeness (QED) is 0.754. The molecule has 2 atom stereocenters. The molecule has 0 unspecified atom stereocenters. The van der Waals surface area contributed by atoms with Crippen LogP contribution in [-0.2, 0) is 27.7 Å². The minimum Gasteiger partial charge on any atom is -0.376 e. The number of methoxy groups -OCH3 is 1. The Morgan fingerprint density at radius 2 is 2.23 bits per heavy atom. The third-order valence-electron chi connectivity index (χ3n) is 4.52. The van der Waals surface area contributed by atoms with Crippen molar-refractivity contribution in [1.82, 2.24) is 14.7 Å². The highest BCUT2D eigenvalue weighted by molar-refractivity contribution is 5.78. The lowest BCUT2D eigenvalue weighted by Gasteiger charge is -2.28. The van der Waals surface area contributed by atoms with Gasteiger partial charge < -0.3 is 14.4 Å². The van der Waals surface area contributed by atoms with Gasteiger partial charge in [-0.3, -0.25) is 9.48 Å². The van der Waals surface area contributed by atoms with Crippen LogP contribution in [0.2, 0.25) is 0 Å². The van der Waals surface area contributed by atoms with Crippen LogP contribution in [0.25, 0.3) is 0 Å². The van der Waals surface area contributed by atoms with Crippen LogP contribution in [0.3, 0.4) is 0 Å². The number of amides is 1. The molecular formula is C16H25N3O3. The summed E-state index contributed by atoms with van der Waals surface area (Å²) in [6.45, 7) is 1.72. The number of carbonyl (C=O) groups excluding carboxylic acids is 1. The molecule has 1 amide bonds. The molecule has 1 saturated heterocycles. The number of nitrogens with zero attached hydrogens (tertiary/aromatic N) is 3. The van der Waals surface area contributed by atoms with Crippen LogP contribution in [0.1, 0.15) is 24.8 Å². The predicted molar refractivity (Wildman–Crippen MR) is 81.4 cm³/mol. The summed E-state index contributed by atoms with van der Waals surface area (Å²) in [5.74, 6) is 0.789. The summed E-state index contributed by atoms with van der Waals surface area (Å²) in [5.41, 5.74) is 1.14. The lowest BCUT2D eigenvalue weighted by atomic mass is 10.0. The van der Waals surface area contributed by atoms with E-state index in [1.54, 1.807) is 11.8 Å². The van der Waals surface area contributed by atoms with Gasteiger partial charge in [0.2, 0.25) is 5.91 Å². The Bertz CT molecular complexity index is 512. The van der Waals surface area contributed by atoms with E-state index in [9.17, 15) is 4.79 Å². The van der Waals surface area contributed by atoms with Gasteiger partial charge in [-0.2, -0.15) is 5.10 Å². The molecule has 0 radical (unpaired) electrons. The lowest BCUT2D eigenvalue weighted by Crippen LogP contribution is -2.43. The number of rotatable bonds is 7. The molecule has 0 aromatic carbocycles. The molecule has 1 saturated carbocycles. The number of aryl methyl sites for hydroxylation is 1. The summed E-state index contributed by atoms with van der Waals surface area (Å²) in [7, 11) is 3.47. The lowest BCUT2D eigenvalue weighted by molar-refractivity contribution is -0.137. The Morgan fingerprint density at radius 3 is 2.86 bits per heavy atom. The van der Waals surface area contributed by atoms with Gasteiger partial charge in [-0.25, -0.2) is 0 Å². The van der Waals surface area contributed by atoms with Gasteiger partial charge in [0, 0.05) is 33.5 Å². The number of hydrogen-bond acceptors (Lipinski definition) is 4. The van der Waals surface area contributed by atoms with Crippen LogP contribution in [-0.4, -0.2) is 59.6 Å². The first-order valence-corrected chi connectivity index (χ1v) is 8.05. The predicted octanol–water partition coefficient (Wildman–Crippen LogP) is 1.01. The first-order valence-electron chi connectivity index (χ1n) is 8.05. The highest BCUT2D eigenvalue weighted by Crippen LogP contribution is 2.31. The fourth-order valence-electron chi connectivity index (χ4n) is 3.14. The molecule has 1 aliphatic carbocycles.